The lowest BCUT2D eigenvalue weighted by Crippen LogP contribution is -2.39. The number of rotatable bonds is 3. The van der Waals surface area contributed by atoms with Gasteiger partial charge in [-0.2, -0.15) is 0 Å². The molecule has 2 heterocycles. The smallest absolute Gasteiger partial charge is 0.296 e. The highest BCUT2D eigenvalue weighted by atomic mass is 79.9. The number of hydrogen-bond acceptors (Lipinski definition) is 4. The molecular formula is C15H17BrN2O3. The summed E-state index contributed by atoms with van der Waals surface area (Å²) in [7, 11) is 0. The van der Waals surface area contributed by atoms with Gasteiger partial charge in [-0.05, 0) is 47.8 Å². The van der Waals surface area contributed by atoms with Crippen LogP contribution in [0.5, 0.6) is 0 Å². The maximum absolute atomic E-state index is 11.7. The second-order valence-corrected chi connectivity index (χ2v) is 6.15. The van der Waals surface area contributed by atoms with E-state index in [1.807, 2.05) is 13.0 Å². The van der Waals surface area contributed by atoms with Crippen LogP contribution in [0.25, 0.3) is 0 Å². The van der Waals surface area contributed by atoms with Gasteiger partial charge in [0.15, 0.2) is 0 Å². The Hall–Kier alpha value is -1.40. The Kier molecular flexibility index (Phi) is 3.99. The van der Waals surface area contributed by atoms with Gasteiger partial charge in [0.2, 0.25) is 0 Å². The Morgan fingerprint density at radius 3 is 3.00 bits per heavy atom. The summed E-state index contributed by atoms with van der Waals surface area (Å²) >= 11 is 3.52. The Morgan fingerprint density at radius 1 is 1.43 bits per heavy atom. The van der Waals surface area contributed by atoms with Gasteiger partial charge >= 0.3 is 0 Å². The SMILES string of the molecule is CCOC1CCCN(c2cc3c(cc2Br)C(=O)C(=O)N3)C1. The van der Waals surface area contributed by atoms with Crippen LogP contribution in [0.3, 0.4) is 0 Å². The number of halogens is 1. The van der Waals surface area contributed by atoms with Crippen LogP contribution in [0.4, 0.5) is 11.4 Å². The van der Waals surface area contributed by atoms with Crippen molar-refractivity contribution in [1.82, 2.24) is 0 Å². The van der Waals surface area contributed by atoms with E-state index in [1.165, 1.54) is 0 Å². The van der Waals surface area contributed by atoms with E-state index in [-0.39, 0.29) is 6.10 Å². The van der Waals surface area contributed by atoms with E-state index in [0.29, 0.717) is 17.9 Å². The van der Waals surface area contributed by atoms with Crippen molar-refractivity contribution in [3.8, 4) is 0 Å². The molecule has 2 aliphatic rings. The van der Waals surface area contributed by atoms with E-state index in [2.05, 4.69) is 26.1 Å². The number of piperidine rings is 1. The first-order valence-corrected chi connectivity index (χ1v) is 7.95. The molecule has 3 rings (SSSR count). The van der Waals surface area contributed by atoms with Crippen LogP contribution in [-0.4, -0.2) is 37.5 Å². The minimum absolute atomic E-state index is 0.236. The largest absolute Gasteiger partial charge is 0.377 e. The lowest BCUT2D eigenvalue weighted by molar-refractivity contribution is -0.112. The van der Waals surface area contributed by atoms with Crippen LogP contribution in [-0.2, 0) is 9.53 Å². The van der Waals surface area contributed by atoms with E-state index in [4.69, 9.17) is 4.74 Å². The number of fused-ring (bicyclic) bond motifs is 1. The third-order valence-electron chi connectivity index (χ3n) is 3.91. The van der Waals surface area contributed by atoms with Crippen molar-refractivity contribution < 1.29 is 14.3 Å². The molecule has 6 heteroatoms. The maximum atomic E-state index is 11.7. The monoisotopic (exact) mass is 352 g/mol. The zero-order valence-corrected chi connectivity index (χ0v) is 13.4. The van der Waals surface area contributed by atoms with Crippen LogP contribution < -0.4 is 10.2 Å². The zero-order valence-electron chi connectivity index (χ0n) is 11.8. The molecule has 0 saturated carbocycles. The van der Waals surface area contributed by atoms with E-state index < -0.39 is 11.7 Å². The summed E-state index contributed by atoms with van der Waals surface area (Å²) in [5, 5.41) is 2.62. The van der Waals surface area contributed by atoms with E-state index >= 15 is 0 Å². The van der Waals surface area contributed by atoms with Crippen molar-refractivity contribution in [1.29, 1.82) is 0 Å². The molecule has 112 valence electrons. The number of ketones is 1. The van der Waals surface area contributed by atoms with E-state index in [0.717, 1.165) is 36.1 Å². The third-order valence-corrected chi connectivity index (χ3v) is 4.54. The fourth-order valence-electron chi connectivity index (χ4n) is 2.93. The van der Waals surface area contributed by atoms with Crippen LogP contribution in [0.2, 0.25) is 0 Å². The van der Waals surface area contributed by atoms with E-state index in [1.54, 1.807) is 6.07 Å². The average molecular weight is 353 g/mol. The molecule has 21 heavy (non-hydrogen) atoms. The lowest BCUT2D eigenvalue weighted by Gasteiger charge is -2.35. The number of carbonyl (C=O) groups excluding carboxylic acids is 2. The van der Waals surface area contributed by atoms with Gasteiger partial charge < -0.3 is 15.0 Å². The first-order valence-electron chi connectivity index (χ1n) is 7.16. The number of Topliss-reactive ketones (excluding diaryl/α,β-unsaturated/α-hetero) is 1. The predicted octanol–water partition coefficient (Wildman–Crippen LogP) is 2.59. The fraction of sp³-hybridized carbons (Fsp3) is 0.467. The van der Waals surface area contributed by atoms with Gasteiger partial charge in [0.05, 0.1) is 23.0 Å². The van der Waals surface area contributed by atoms with Gasteiger partial charge in [-0.1, -0.05) is 0 Å². The van der Waals surface area contributed by atoms with Crippen LogP contribution in [0.1, 0.15) is 30.1 Å². The number of ether oxygens (including phenoxy) is 1. The number of amides is 1. The van der Waals surface area contributed by atoms with Crippen LogP contribution >= 0.6 is 15.9 Å². The molecule has 0 bridgehead atoms. The Balaban J connectivity index is 1.88. The minimum Gasteiger partial charge on any atom is -0.377 e. The standard InChI is InChI=1S/C15H17BrN2O3/c1-2-21-9-4-3-5-18(8-9)13-7-12-10(6-11(13)16)14(19)15(20)17-12/h6-7,9H,2-5,8H2,1H3,(H,17,19,20). The number of carbonyl (C=O) groups is 2. The molecule has 0 spiro atoms. The summed E-state index contributed by atoms with van der Waals surface area (Å²) in [6.07, 6.45) is 2.38. The molecule has 1 unspecified atom stereocenters. The van der Waals surface area contributed by atoms with Crippen molar-refractivity contribution in [3.63, 3.8) is 0 Å². The van der Waals surface area contributed by atoms with Gasteiger partial charge in [0.25, 0.3) is 11.7 Å². The molecule has 1 aromatic rings. The fourth-order valence-corrected chi connectivity index (χ4v) is 3.52. The van der Waals surface area contributed by atoms with Crippen molar-refractivity contribution in [2.75, 3.05) is 29.9 Å². The molecule has 0 aliphatic carbocycles. The molecule has 1 atom stereocenters. The Labute approximate surface area is 131 Å². The first kappa shape index (κ1) is 14.5. The molecule has 1 aromatic carbocycles. The van der Waals surface area contributed by atoms with Gasteiger partial charge in [-0.15, -0.1) is 0 Å². The normalized spacial score (nSPS) is 21.4. The number of benzene rings is 1. The number of hydrogen-bond donors (Lipinski definition) is 1. The topological polar surface area (TPSA) is 58.6 Å². The minimum atomic E-state index is -0.556. The molecule has 1 saturated heterocycles. The summed E-state index contributed by atoms with van der Waals surface area (Å²) in [5.74, 6) is -1.03. The highest BCUT2D eigenvalue weighted by Crippen LogP contribution is 2.36. The summed E-state index contributed by atoms with van der Waals surface area (Å²) in [5.41, 5.74) is 2.03. The highest BCUT2D eigenvalue weighted by molar-refractivity contribution is 9.10. The van der Waals surface area contributed by atoms with Crippen molar-refractivity contribution in [2.24, 2.45) is 0 Å². The van der Waals surface area contributed by atoms with Crippen molar-refractivity contribution in [2.45, 2.75) is 25.9 Å². The van der Waals surface area contributed by atoms with Gasteiger partial charge in [0.1, 0.15) is 0 Å². The molecule has 0 aromatic heterocycles. The predicted molar refractivity (Wildman–Crippen MR) is 84.0 cm³/mol. The Bertz CT molecular complexity index is 601. The third kappa shape index (κ3) is 2.70. The Morgan fingerprint density at radius 2 is 2.24 bits per heavy atom. The summed E-state index contributed by atoms with van der Waals surface area (Å²) in [6.45, 7) is 4.50. The van der Waals surface area contributed by atoms with Crippen molar-refractivity contribution >= 4 is 39.0 Å². The van der Waals surface area contributed by atoms with Gasteiger partial charge in [0, 0.05) is 24.2 Å². The first-order chi connectivity index (χ1) is 10.1. The van der Waals surface area contributed by atoms with E-state index in [9.17, 15) is 9.59 Å². The van der Waals surface area contributed by atoms with Gasteiger partial charge in [-0.25, -0.2) is 0 Å². The molecule has 1 fully saturated rings. The second kappa shape index (κ2) is 5.77. The number of nitrogens with one attached hydrogen (secondary N) is 1. The average Bonchev–Trinajstić information content (AvgIpc) is 2.74. The number of anilines is 2. The molecular weight excluding hydrogens is 336 g/mol. The molecule has 5 nitrogen and oxygen atoms in total. The summed E-state index contributed by atoms with van der Waals surface area (Å²) in [6, 6.07) is 3.60. The molecule has 1 N–H and O–H groups in total. The van der Waals surface area contributed by atoms with Crippen LogP contribution in [0.15, 0.2) is 16.6 Å². The number of nitrogens with zero attached hydrogens (tertiary/aromatic N) is 1. The highest BCUT2D eigenvalue weighted by Gasteiger charge is 2.30. The van der Waals surface area contributed by atoms with Gasteiger partial charge in [-0.3, -0.25) is 9.59 Å². The lowest BCUT2D eigenvalue weighted by atomic mass is 10.1. The van der Waals surface area contributed by atoms with Crippen molar-refractivity contribution in [3.05, 3.63) is 22.2 Å². The van der Waals surface area contributed by atoms with Crippen LogP contribution in [0, 0.1) is 0 Å². The zero-order chi connectivity index (χ0) is 15.0. The molecule has 0 radical (unpaired) electrons. The molecule has 1 amide bonds. The maximum Gasteiger partial charge on any atom is 0.296 e. The summed E-state index contributed by atoms with van der Waals surface area (Å²) in [4.78, 5) is 25.4. The molecule has 2 aliphatic heterocycles. The quantitative estimate of drug-likeness (QED) is 0.849. The summed E-state index contributed by atoms with van der Waals surface area (Å²) < 4.78 is 6.56. The second-order valence-electron chi connectivity index (χ2n) is 5.30.